The minimum absolute atomic E-state index is 0.0206. The Morgan fingerprint density at radius 1 is 0.923 bits per heavy atom. The van der Waals surface area contributed by atoms with Crippen LogP contribution in [0.15, 0.2) is 78.4 Å². The third kappa shape index (κ3) is 6.03. The molecule has 39 heavy (non-hydrogen) atoms. The van der Waals surface area contributed by atoms with Crippen molar-refractivity contribution in [3.05, 3.63) is 101 Å². The minimum atomic E-state index is -0.877. The predicted molar refractivity (Wildman–Crippen MR) is 150 cm³/mol. The van der Waals surface area contributed by atoms with Crippen molar-refractivity contribution in [2.45, 2.75) is 46.8 Å². The summed E-state index contributed by atoms with van der Waals surface area (Å²) in [6, 6.07) is 19.7. The lowest BCUT2D eigenvalue weighted by Gasteiger charge is -2.26. The molecule has 1 aliphatic rings. The molecular formula is C32H33NO6. The highest BCUT2D eigenvalue weighted by molar-refractivity contribution is 6.51. The number of carbonyl (C=O) groups excluding carboxylic acids is 3. The van der Waals surface area contributed by atoms with Gasteiger partial charge in [0.05, 0.1) is 29.9 Å². The lowest BCUT2D eigenvalue weighted by molar-refractivity contribution is -0.132. The maximum absolute atomic E-state index is 13.4. The Balaban J connectivity index is 1.80. The van der Waals surface area contributed by atoms with E-state index in [2.05, 4.69) is 0 Å². The van der Waals surface area contributed by atoms with Gasteiger partial charge in [-0.15, -0.1) is 0 Å². The molecular weight excluding hydrogens is 494 g/mol. The van der Waals surface area contributed by atoms with Crippen LogP contribution in [0.1, 0.15) is 60.8 Å². The van der Waals surface area contributed by atoms with E-state index in [1.165, 1.54) is 4.90 Å². The van der Waals surface area contributed by atoms with Crippen LogP contribution in [-0.2, 0) is 14.3 Å². The third-order valence-corrected chi connectivity index (χ3v) is 6.21. The highest BCUT2D eigenvalue weighted by Gasteiger charge is 2.47. The molecule has 1 fully saturated rings. The number of benzene rings is 3. The topological polar surface area (TPSA) is 93.1 Å². The Morgan fingerprint density at radius 3 is 2.26 bits per heavy atom. The van der Waals surface area contributed by atoms with E-state index in [4.69, 9.17) is 9.47 Å². The number of anilines is 1. The van der Waals surface area contributed by atoms with Crippen LogP contribution in [0.5, 0.6) is 5.75 Å². The number of rotatable bonds is 8. The summed E-state index contributed by atoms with van der Waals surface area (Å²) in [6.07, 6.45) is -0.0779. The largest absolute Gasteiger partial charge is 0.507 e. The number of hydrogen-bond acceptors (Lipinski definition) is 6. The van der Waals surface area contributed by atoms with Crippen LogP contribution in [-0.4, -0.2) is 35.5 Å². The number of amides is 1. The number of aliphatic hydroxyl groups excluding tert-OH is 1. The highest BCUT2D eigenvalue weighted by Crippen LogP contribution is 2.42. The Kier molecular flexibility index (Phi) is 8.19. The summed E-state index contributed by atoms with van der Waals surface area (Å²) in [7, 11) is 0. The fourth-order valence-electron chi connectivity index (χ4n) is 4.48. The smallest absolute Gasteiger partial charge is 0.338 e. The van der Waals surface area contributed by atoms with Crippen LogP contribution in [0.25, 0.3) is 5.76 Å². The maximum atomic E-state index is 13.4. The van der Waals surface area contributed by atoms with Gasteiger partial charge < -0.3 is 14.6 Å². The van der Waals surface area contributed by atoms with Gasteiger partial charge in [-0.3, -0.25) is 14.5 Å². The summed E-state index contributed by atoms with van der Waals surface area (Å²) in [6.45, 7) is 9.90. The zero-order valence-corrected chi connectivity index (χ0v) is 22.8. The molecule has 7 nitrogen and oxygen atoms in total. The Bertz CT molecular complexity index is 1420. The number of hydrogen-bond donors (Lipinski definition) is 1. The molecule has 4 rings (SSSR count). The van der Waals surface area contributed by atoms with Gasteiger partial charge in [0.15, 0.2) is 0 Å². The number of aliphatic hydroxyl groups is 1. The van der Waals surface area contributed by atoms with Gasteiger partial charge in [-0.1, -0.05) is 55.8 Å². The van der Waals surface area contributed by atoms with Crippen molar-refractivity contribution in [1.29, 1.82) is 0 Å². The average molecular weight is 528 g/mol. The quantitative estimate of drug-likeness (QED) is 0.162. The van der Waals surface area contributed by atoms with Gasteiger partial charge >= 0.3 is 5.97 Å². The van der Waals surface area contributed by atoms with Gasteiger partial charge in [0, 0.05) is 11.3 Å². The molecule has 1 unspecified atom stereocenters. The van der Waals surface area contributed by atoms with E-state index in [9.17, 15) is 19.5 Å². The molecule has 1 aliphatic heterocycles. The lowest BCUT2D eigenvalue weighted by Crippen LogP contribution is -2.29. The first-order chi connectivity index (χ1) is 18.6. The van der Waals surface area contributed by atoms with Crippen LogP contribution < -0.4 is 9.64 Å². The van der Waals surface area contributed by atoms with Crippen molar-refractivity contribution in [2.75, 3.05) is 11.5 Å². The molecule has 1 amide bonds. The predicted octanol–water partition coefficient (Wildman–Crippen LogP) is 6.22. The second-order valence-electron chi connectivity index (χ2n) is 10.3. The zero-order valence-electron chi connectivity index (χ0n) is 22.8. The first-order valence-electron chi connectivity index (χ1n) is 13.0. The van der Waals surface area contributed by atoms with E-state index >= 15 is 0 Å². The van der Waals surface area contributed by atoms with Gasteiger partial charge in [0.1, 0.15) is 11.5 Å². The molecule has 0 bridgehead atoms. The SMILES string of the molecule is Cc1cccc(C2/C(=C(\O)c3cccc(OC(C)C)c3)C(=O)C(=O)N2c2ccc(C(=O)OCC(C)C)cc2)c1. The molecule has 1 atom stereocenters. The standard InChI is InChI=1S/C32H33NO6/c1-19(2)18-38-32(37)22-12-14-25(15-13-22)33-28(23-9-6-8-21(5)16-23)27(30(35)31(33)36)29(34)24-10-7-11-26(17-24)39-20(3)4/h6-17,19-20,28,34H,18H2,1-5H3/b29-27+. The number of esters is 1. The lowest BCUT2D eigenvalue weighted by atomic mass is 9.94. The number of ether oxygens (including phenoxy) is 2. The second-order valence-corrected chi connectivity index (χ2v) is 10.3. The van der Waals surface area contributed by atoms with Gasteiger partial charge in [0.2, 0.25) is 0 Å². The van der Waals surface area contributed by atoms with E-state index in [1.807, 2.05) is 58.9 Å². The summed E-state index contributed by atoms with van der Waals surface area (Å²) < 4.78 is 11.1. The number of ketones is 1. The molecule has 202 valence electrons. The van der Waals surface area contributed by atoms with Crippen molar-refractivity contribution >= 4 is 29.1 Å². The molecule has 3 aromatic carbocycles. The Labute approximate surface area is 228 Å². The first kappa shape index (κ1) is 27.6. The fourth-order valence-corrected chi connectivity index (χ4v) is 4.48. The molecule has 3 aromatic rings. The summed E-state index contributed by atoms with van der Waals surface area (Å²) in [5, 5.41) is 11.4. The molecule has 0 saturated carbocycles. The van der Waals surface area contributed by atoms with Gasteiger partial charge in [-0.05, 0) is 68.7 Å². The second kappa shape index (κ2) is 11.6. The van der Waals surface area contributed by atoms with E-state index in [-0.39, 0.29) is 23.4 Å². The Hall–Kier alpha value is -4.39. The average Bonchev–Trinajstić information content (AvgIpc) is 3.17. The van der Waals surface area contributed by atoms with Crippen LogP contribution in [0.4, 0.5) is 5.69 Å². The molecule has 0 aromatic heterocycles. The number of aryl methyl sites for hydroxylation is 1. The monoisotopic (exact) mass is 527 g/mol. The van der Waals surface area contributed by atoms with Crippen molar-refractivity contribution in [3.63, 3.8) is 0 Å². The molecule has 0 aliphatic carbocycles. The van der Waals surface area contributed by atoms with E-state index in [0.717, 1.165) is 5.56 Å². The van der Waals surface area contributed by atoms with E-state index in [0.29, 0.717) is 34.7 Å². The van der Waals surface area contributed by atoms with E-state index in [1.54, 1.807) is 48.5 Å². The van der Waals surface area contributed by atoms with Crippen molar-refractivity contribution < 1.29 is 29.0 Å². The van der Waals surface area contributed by atoms with Crippen LogP contribution in [0.3, 0.4) is 0 Å². The normalized spacial score (nSPS) is 16.7. The summed E-state index contributed by atoms with van der Waals surface area (Å²) in [4.78, 5) is 40.7. The maximum Gasteiger partial charge on any atom is 0.338 e. The molecule has 1 heterocycles. The summed E-state index contributed by atoms with van der Waals surface area (Å²) in [5.41, 5.74) is 2.71. The van der Waals surface area contributed by atoms with Crippen LogP contribution in [0, 0.1) is 12.8 Å². The van der Waals surface area contributed by atoms with Crippen molar-refractivity contribution in [1.82, 2.24) is 0 Å². The number of carbonyl (C=O) groups is 3. The minimum Gasteiger partial charge on any atom is -0.507 e. The van der Waals surface area contributed by atoms with Crippen LogP contribution >= 0.6 is 0 Å². The van der Waals surface area contributed by atoms with Crippen LogP contribution in [0.2, 0.25) is 0 Å². The number of Topliss-reactive ketones (excluding diaryl/α,β-unsaturated/α-hetero) is 1. The van der Waals surface area contributed by atoms with Gasteiger partial charge in [0.25, 0.3) is 11.7 Å². The third-order valence-electron chi connectivity index (χ3n) is 6.21. The van der Waals surface area contributed by atoms with Gasteiger partial charge in [-0.25, -0.2) is 4.79 Å². The molecule has 7 heteroatoms. The van der Waals surface area contributed by atoms with Gasteiger partial charge in [-0.2, -0.15) is 0 Å². The Morgan fingerprint density at radius 2 is 1.62 bits per heavy atom. The zero-order chi connectivity index (χ0) is 28.3. The highest BCUT2D eigenvalue weighted by atomic mass is 16.5. The van der Waals surface area contributed by atoms with Crippen molar-refractivity contribution in [2.24, 2.45) is 5.92 Å². The molecule has 1 saturated heterocycles. The van der Waals surface area contributed by atoms with Crippen molar-refractivity contribution in [3.8, 4) is 5.75 Å². The number of nitrogens with zero attached hydrogens (tertiary/aromatic N) is 1. The first-order valence-corrected chi connectivity index (χ1v) is 13.0. The molecule has 1 N–H and O–H groups in total. The molecule has 0 spiro atoms. The van der Waals surface area contributed by atoms with E-state index < -0.39 is 23.7 Å². The molecule has 0 radical (unpaired) electrons. The summed E-state index contributed by atoms with van der Waals surface area (Å²) in [5.74, 6) is -1.58. The summed E-state index contributed by atoms with van der Waals surface area (Å²) >= 11 is 0. The fraction of sp³-hybridized carbons (Fsp3) is 0.281.